The Labute approximate surface area is 155 Å². The molecule has 0 aromatic rings. The van der Waals surface area contributed by atoms with Crippen LogP contribution < -0.4 is 0 Å². The van der Waals surface area contributed by atoms with E-state index in [1.54, 1.807) is 0 Å². The topological polar surface area (TPSA) is 98.0 Å². The Morgan fingerprint density at radius 1 is 1.15 bits per heavy atom. The summed E-state index contributed by atoms with van der Waals surface area (Å²) in [6.45, 7) is 8.15. The fourth-order valence-electron chi connectivity index (χ4n) is 7.67. The molecule has 0 aromatic carbocycles. The first-order chi connectivity index (χ1) is 12.2. The zero-order chi connectivity index (χ0) is 19.1. The lowest BCUT2D eigenvalue weighted by Gasteiger charge is -2.66. The minimum Gasteiger partial charge on any atom is -0.396 e. The normalized spacial score (nSPS) is 56.2. The van der Waals surface area contributed by atoms with Crippen molar-refractivity contribution in [3.63, 3.8) is 0 Å². The lowest BCUT2D eigenvalue weighted by Crippen LogP contribution is -2.70. The third-order valence-electron chi connectivity index (χ3n) is 9.12. The Balaban J connectivity index is 1.92. The quantitative estimate of drug-likeness (QED) is 0.556. The molecule has 9 atom stereocenters. The monoisotopic (exact) mass is 364 g/mol. The van der Waals surface area contributed by atoms with Crippen LogP contribution in [0.4, 0.5) is 0 Å². The number of Topliss-reactive ketones (excluding diaryl/α,β-unsaturated/α-hetero) is 1. The van der Waals surface area contributed by atoms with Crippen LogP contribution in [0.15, 0.2) is 12.2 Å². The second kappa shape index (κ2) is 5.63. The molecular weight excluding hydrogens is 332 g/mol. The molecule has 0 saturated heterocycles. The van der Waals surface area contributed by atoms with Crippen LogP contribution in [0.3, 0.4) is 0 Å². The predicted octanol–water partition coefficient (Wildman–Crippen LogP) is 1.43. The van der Waals surface area contributed by atoms with E-state index in [2.05, 4.69) is 20.4 Å². The van der Waals surface area contributed by atoms with Gasteiger partial charge in [-0.25, -0.2) is 0 Å². The number of carbonyl (C=O) groups excluding carboxylic acids is 1. The highest BCUT2D eigenvalue weighted by Crippen LogP contribution is 2.71. The van der Waals surface area contributed by atoms with E-state index >= 15 is 0 Å². The Kier molecular flexibility index (Phi) is 4.03. The summed E-state index contributed by atoms with van der Waals surface area (Å²) in [4.78, 5) is 13.3. The minimum absolute atomic E-state index is 0.0189. The highest BCUT2D eigenvalue weighted by molar-refractivity contribution is 6.04. The van der Waals surface area contributed by atoms with Crippen LogP contribution >= 0.6 is 0 Å². The van der Waals surface area contributed by atoms with Gasteiger partial charge in [0.05, 0.1) is 23.7 Å². The van der Waals surface area contributed by atoms with E-state index in [1.165, 1.54) is 0 Å². The smallest absolute Gasteiger partial charge is 0.170 e. The van der Waals surface area contributed by atoms with Gasteiger partial charge in [-0.3, -0.25) is 4.79 Å². The van der Waals surface area contributed by atoms with Gasteiger partial charge in [0.25, 0.3) is 0 Å². The maximum absolute atomic E-state index is 13.3. The molecule has 0 radical (unpaired) electrons. The first kappa shape index (κ1) is 18.6. The summed E-state index contributed by atoms with van der Waals surface area (Å²) >= 11 is 0. The molecule has 4 N–H and O–H groups in total. The predicted molar refractivity (Wildman–Crippen MR) is 96.1 cm³/mol. The van der Waals surface area contributed by atoms with Crippen LogP contribution in [0.1, 0.15) is 52.4 Å². The summed E-state index contributed by atoms with van der Waals surface area (Å²) in [6.07, 6.45) is 1.52. The molecule has 0 amide bonds. The minimum atomic E-state index is -1.31. The van der Waals surface area contributed by atoms with Crippen LogP contribution in [0.5, 0.6) is 0 Å². The molecule has 0 unspecified atom stereocenters. The van der Waals surface area contributed by atoms with Gasteiger partial charge in [-0.05, 0) is 48.5 Å². The number of aliphatic hydroxyl groups excluding tert-OH is 4. The van der Waals surface area contributed by atoms with Gasteiger partial charge in [0.15, 0.2) is 5.78 Å². The fraction of sp³-hybridized carbons (Fsp3) is 0.857. The molecule has 4 fully saturated rings. The van der Waals surface area contributed by atoms with E-state index in [1.807, 2.05) is 0 Å². The third-order valence-corrected chi connectivity index (χ3v) is 9.12. The molecule has 0 aliphatic heterocycles. The molecule has 2 bridgehead atoms. The van der Waals surface area contributed by atoms with Gasteiger partial charge in [0.2, 0.25) is 0 Å². The van der Waals surface area contributed by atoms with Crippen LogP contribution in [0.2, 0.25) is 0 Å². The number of ketones is 1. The summed E-state index contributed by atoms with van der Waals surface area (Å²) in [5.41, 5.74) is -1.64. The lowest BCUT2D eigenvalue weighted by atomic mass is 9.39. The van der Waals surface area contributed by atoms with Crippen LogP contribution in [-0.4, -0.2) is 51.1 Å². The largest absolute Gasteiger partial charge is 0.396 e. The standard InChI is InChI=1S/C21H32O5/c1-4-19(3)6-5-7-20(10-22)13(19)9-15(24)21-14(20)8-12(23)16(18(21)26)11(2)17(21)25/h12-16,18,22-24,26H,2,4-10H2,1,3H3/t12-,13+,14-,15+,16+,18+,19-,20-,21-/m0/s1. The molecule has 26 heavy (non-hydrogen) atoms. The van der Waals surface area contributed by atoms with Crippen LogP contribution in [0.25, 0.3) is 0 Å². The lowest BCUT2D eigenvalue weighted by molar-refractivity contribution is -0.252. The molecule has 4 rings (SSSR count). The molecule has 4 saturated carbocycles. The molecule has 5 heteroatoms. The molecule has 0 heterocycles. The Bertz CT molecular complexity index is 646. The highest BCUT2D eigenvalue weighted by atomic mass is 16.3. The van der Waals surface area contributed by atoms with E-state index in [4.69, 9.17) is 0 Å². The summed E-state index contributed by atoms with van der Waals surface area (Å²) in [5, 5.41) is 43.6. The van der Waals surface area contributed by atoms with Crippen molar-refractivity contribution in [2.24, 2.45) is 34.0 Å². The van der Waals surface area contributed by atoms with Gasteiger partial charge in [-0.1, -0.05) is 33.3 Å². The third kappa shape index (κ3) is 1.83. The Hall–Kier alpha value is -0.750. The van der Waals surface area contributed by atoms with E-state index in [-0.39, 0.29) is 29.3 Å². The van der Waals surface area contributed by atoms with Crippen molar-refractivity contribution in [3.8, 4) is 0 Å². The zero-order valence-electron chi connectivity index (χ0n) is 15.8. The van der Waals surface area contributed by atoms with Gasteiger partial charge in [-0.2, -0.15) is 0 Å². The molecule has 4 aliphatic carbocycles. The first-order valence-electron chi connectivity index (χ1n) is 10.1. The van der Waals surface area contributed by atoms with Crippen molar-refractivity contribution >= 4 is 5.78 Å². The SMILES string of the molecule is C=C1C(=O)[C@@]23[C@H](O)C[C@@H]4[C@@](C)(CC)CCC[C@@]4(CO)[C@@H]2C[C@H](O)[C@@H]1[C@H]3O. The van der Waals surface area contributed by atoms with Crippen molar-refractivity contribution in [3.05, 3.63) is 12.2 Å². The number of hydrogen-bond acceptors (Lipinski definition) is 5. The van der Waals surface area contributed by atoms with E-state index in [0.717, 1.165) is 25.7 Å². The van der Waals surface area contributed by atoms with E-state index in [9.17, 15) is 25.2 Å². The Morgan fingerprint density at radius 2 is 1.85 bits per heavy atom. The van der Waals surface area contributed by atoms with Crippen molar-refractivity contribution in [1.29, 1.82) is 0 Å². The summed E-state index contributed by atoms with van der Waals surface area (Å²) in [5.74, 6) is -1.34. The number of hydrogen-bond donors (Lipinski definition) is 4. The van der Waals surface area contributed by atoms with Crippen molar-refractivity contribution < 1.29 is 25.2 Å². The maximum atomic E-state index is 13.3. The number of rotatable bonds is 2. The summed E-state index contributed by atoms with van der Waals surface area (Å²) < 4.78 is 0. The van der Waals surface area contributed by atoms with Crippen molar-refractivity contribution in [2.75, 3.05) is 6.61 Å². The number of carbonyl (C=O) groups is 1. The summed E-state index contributed by atoms with van der Waals surface area (Å²) in [7, 11) is 0. The summed E-state index contributed by atoms with van der Waals surface area (Å²) in [6, 6.07) is 0. The van der Waals surface area contributed by atoms with Crippen molar-refractivity contribution in [2.45, 2.75) is 70.7 Å². The van der Waals surface area contributed by atoms with Crippen molar-refractivity contribution in [1.82, 2.24) is 0 Å². The molecule has 146 valence electrons. The average molecular weight is 364 g/mol. The van der Waals surface area contributed by atoms with Crippen LogP contribution in [0, 0.1) is 34.0 Å². The molecule has 5 nitrogen and oxygen atoms in total. The fourth-order valence-corrected chi connectivity index (χ4v) is 7.67. The van der Waals surface area contributed by atoms with Gasteiger partial charge < -0.3 is 20.4 Å². The molecular formula is C21H32O5. The number of aliphatic hydroxyl groups is 4. The van der Waals surface area contributed by atoms with E-state index in [0.29, 0.717) is 12.8 Å². The average Bonchev–Trinajstić information content (AvgIpc) is 2.75. The second-order valence-electron chi connectivity index (χ2n) is 9.67. The zero-order valence-corrected chi connectivity index (χ0v) is 15.8. The molecule has 1 spiro atoms. The maximum Gasteiger partial charge on any atom is 0.170 e. The highest BCUT2D eigenvalue weighted by Gasteiger charge is 2.76. The van der Waals surface area contributed by atoms with Gasteiger partial charge in [0.1, 0.15) is 0 Å². The molecule has 4 aliphatic rings. The molecule has 0 aromatic heterocycles. The Morgan fingerprint density at radius 3 is 2.46 bits per heavy atom. The van der Waals surface area contributed by atoms with Gasteiger partial charge in [-0.15, -0.1) is 0 Å². The first-order valence-corrected chi connectivity index (χ1v) is 10.1. The van der Waals surface area contributed by atoms with Crippen LogP contribution in [-0.2, 0) is 4.79 Å². The second-order valence-corrected chi connectivity index (χ2v) is 9.67. The van der Waals surface area contributed by atoms with E-state index < -0.39 is 41.0 Å². The van der Waals surface area contributed by atoms with Gasteiger partial charge >= 0.3 is 0 Å². The number of fused-ring (bicyclic) bond motifs is 3. The van der Waals surface area contributed by atoms with Gasteiger partial charge in [0, 0.05) is 17.9 Å².